The second-order valence-corrected chi connectivity index (χ2v) is 2.88. The van der Waals surface area contributed by atoms with Crippen LogP contribution < -0.4 is 0 Å². The van der Waals surface area contributed by atoms with E-state index in [0.29, 0.717) is 0 Å². The maximum Gasteiger partial charge on any atom is 0.424 e. The molecule has 0 aliphatic heterocycles. The SMILES string of the molecule is CN(C)C(=O)C(F)=C(C(F)(F)F)C(F)(F)F. The van der Waals surface area contributed by atoms with Crippen LogP contribution in [-0.2, 0) is 4.79 Å². The Morgan fingerprint density at radius 2 is 1.25 bits per heavy atom. The first kappa shape index (κ1) is 14.7. The third-order valence-electron chi connectivity index (χ3n) is 1.38. The highest BCUT2D eigenvalue weighted by atomic mass is 19.4. The van der Waals surface area contributed by atoms with Crippen molar-refractivity contribution in [1.82, 2.24) is 4.90 Å². The molecule has 0 unspecified atom stereocenters. The Bertz CT molecular complexity index is 296. The fourth-order valence-electron chi connectivity index (χ4n) is 0.713. The minimum Gasteiger partial charge on any atom is -0.343 e. The summed E-state index contributed by atoms with van der Waals surface area (Å²) in [5.41, 5.74) is -3.43. The molecule has 94 valence electrons. The lowest BCUT2D eigenvalue weighted by atomic mass is 10.2. The van der Waals surface area contributed by atoms with Gasteiger partial charge >= 0.3 is 12.4 Å². The molecule has 0 N–H and O–H groups in total. The minimum absolute atomic E-state index is 0.271. The zero-order valence-corrected chi connectivity index (χ0v) is 8.00. The van der Waals surface area contributed by atoms with Crippen LogP contribution in [0.5, 0.6) is 0 Å². The van der Waals surface area contributed by atoms with Gasteiger partial charge in [0.2, 0.25) is 5.83 Å². The van der Waals surface area contributed by atoms with E-state index in [0.717, 1.165) is 14.1 Å². The van der Waals surface area contributed by atoms with E-state index in [-0.39, 0.29) is 4.90 Å². The topological polar surface area (TPSA) is 20.3 Å². The van der Waals surface area contributed by atoms with Gasteiger partial charge in [-0.3, -0.25) is 4.79 Å². The maximum atomic E-state index is 12.8. The molecule has 1 amide bonds. The summed E-state index contributed by atoms with van der Waals surface area (Å²) < 4.78 is 84.2. The lowest BCUT2D eigenvalue weighted by molar-refractivity contribution is -0.176. The van der Waals surface area contributed by atoms with Gasteiger partial charge in [0.15, 0.2) is 5.57 Å². The maximum absolute atomic E-state index is 12.8. The molecule has 0 atom stereocenters. The third-order valence-corrected chi connectivity index (χ3v) is 1.38. The summed E-state index contributed by atoms with van der Waals surface area (Å²) in [6, 6.07) is 0. The van der Waals surface area contributed by atoms with Crippen molar-refractivity contribution in [3.63, 3.8) is 0 Å². The number of likely N-dealkylation sites (N-methyl/N-ethyl adjacent to an activating group) is 1. The smallest absolute Gasteiger partial charge is 0.343 e. The molecule has 0 radical (unpaired) electrons. The molecule has 0 bridgehead atoms. The third kappa shape index (κ3) is 3.38. The zero-order valence-electron chi connectivity index (χ0n) is 8.00. The Morgan fingerprint density at radius 1 is 0.938 bits per heavy atom. The number of hydrogen-bond acceptors (Lipinski definition) is 1. The number of amides is 1. The zero-order chi connectivity index (χ0) is 13.3. The van der Waals surface area contributed by atoms with Crippen LogP contribution in [0.25, 0.3) is 0 Å². The highest BCUT2D eigenvalue weighted by molar-refractivity contribution is 5.92. The van der Waals surface area contributed by atoms with Gasteiger partial charge in [0, 0.05) is 14.1 Å². The van der Waals surface area contributed by atoms with Gasteiger partial charge in [-0.2, -0.15) is 26.3 Å². The van der Waals surface area contributed by atoms with E-state index < -0.39 is 29.7 Å². The van der Waals surface area contributed by atoms with Crippen molar-refractivity contribution in [1.29, 1.82) is 0 Å². The molecule has 0 aromatic carbocycles. The molecule has 0 saturated heterocycles. The van der Waals surface area contributed by atoms with Crippen LogP contribution in [0.15, 0.2) is 11.4 Å². The van der Waals surface area contributed by atoms with Gasteiger partial charge < -0.3 is 4.90 Å². The lowest BCUT2D eigenvalue weighted by Crippen LogP contribution is -2.32. The van der Waals surface area contributed by atoms with Gasteiger partial charge in [-0.15, -0.1) is 0 Å². The van der Waals surface area contributed by atoms with E-state index >= 15 is 0 Å². The predicted octanol–water partition coefficient (Wildman–Crippen LogP) is 2.42. The number of allylic oxidation sites excluding steroid dienone is 1. The molecular formula is C7H6F7NO. The van der Waals surface area contributed by atoms with E-state index in [9.17, 15) is 35.5 Å². The molecule has 0 saturated carbocycles. The van der Waals surface area contributed by atoms with Crippen LogP contribution in [0.2, 0.25) is 0 Å². The molecule has 0 rings (SSSR count). The Kier molecular flexibility index (Phi) is 3.96. The van der Waals surface area contributed by atoms with Gasteiger partial charge in [0.1, 0.15) is 0 Å². The van der Waals surface area contributed by atoms with Gasteiger partial charge in [0.05, 0.1) is 0 Å². The number of alkyl halides is 6. The fraction of sp³-hybridized carbons (Fsp3) is 0.571. The van der Waals surface area contributed by atoms with E-state index in [1.54, 1.807) is 0 Å². The minimum atomic E-state index is -5.98. The first-order valence-electron chi connectivity index (χ1n) is 3.65. The van der Waals surface area contributed by atoms with Crippen LogP contribution in [-0.4, -0.2) is 37.3 Å². The number of carbonyl (C=O) groups is 1. The average molecular weight is 253 g/mol. The fourth-order valence-corrected chi connectivity index (χ4v) is 0.713. The average Bonchev–Trinajstić information content (AvgIpc) is 1.96. The van der Waals surface area contributed by atoms with E-state index in [4.69, 9.17) is 0 Å². The largest absolute Gasteiger partial charge is 0.424 e. The second kappa shape index (κ2) is 4.30. The second-order valence-electron chi connectivity index (χ2n) is 2.88. The Balaban J connectivity index is 5.69. The summed E-state index contributed by atoms with van der Waals surface area (Å²) in [4.78, 5) is 10.9. The number of halogens is 7. The molecule has 0 heterocycles. The van der Waals surface area contributed by atoms with Crippen molar-refractivity contribution in [3.05, 3.63) is 11.4 Å². The molecule has 0 aliphatic carbocycles. The molecule has 0 aromatic heterocycles. The number of hydrogen-bond donors (Lipinski definition) is 0. The van der Waals surface area contributed by atoms with Gasteiger partial charge in [0.25, 0.3) is 5.91 Å². The number of nitrogens with zero attached hydrogens (tertiary/aromatic N) is 1. The molecule has 9 heteroatoms. The highest BCUT2D eigenvalue weighted by Crippen LogP contribution is 2.41. The summed E-state index contributed by atoms with van der Waals surface area (Å²) in [5, 5.41) is 0. The summed E-state index contributed by atoms with van der Waals surface area (Å²) >= 11 is 0. The van der Waals surface area contributed by atoms with Crippen LogP contribution in [0.3, 0.4) is 0 Å². The van der Waals surface area contributed by atoms with Crippen molar-refractivity contribution in [2.45, 2.75) is 12.4 Å². The molecule has 0 aromatic rings. The van der Waals surface area contributed by atoms with Crippen LogP contribution in [0.1, 0.15) is 0 Å². The van der Waals surface area contributed by atoms with Crippen LogP contribution in [0.4, 0.5) is 30.7 Å². The first-order valence-corrected chi connectivity index (χ1v) is 3.65. The predicted molar refractivity (Wildman–Crippen MR) is 38.9 cm³/mol. The van der Waals surface area contributed by atoms with Crippen LogP contribution >= 0.6 is 0 Å². The van der Waals surface area contributed by atoms with Crippen molar-refractivity contribution >= 4 is 5.91 Å². The number of rotatable bonds is 1. The van der Waals surface area contributed by atoms with Crippen molar-refractivity contribution in [2.75, 3.05) is 14.1 Å². The van der Waals surface area contributed by atoms with Gasteiger partial charge in [-0.1, -0.05) is 0 Å². The van der Waals surface area contributed by atoms with Crippen LogP contribution in [0, 0.1) is 0 Å². The monoisotopic (exact) mass is 253 g/mol. The molecule has 0 spiro atoms. The highest BCUT2D eigenvalue weighted by Gasteiger charge is 2.55. The normalized spacial score (nSPS) is 12.3. The molecule has 16 heavy (non-hydrogen) atoms. The summed E-state index contributed by atoms with van der Waals surface area (Å²) in [6.07, 6.45) is -12.0. The Labute approximate surface area is 85.3 Å². The molecule has 0 aliphatic rings. The lowest BCUT2D eigenvalue weighted by Gasteiger charge is -2.17. The number of carbonyl (C=O) groups excluding carboxylic acids is 1. The first-order chi connectivity index (χ1) is 6.89. The van der Waals surface area contributed by atoms with Crippen molar-refractivity contribution in [2.24, 2.45) is 0 Å². The van der Waals surface area contributed by atoms with E-state index in [1.165, 1.54) is 0 Å². The Hall–Kier alpha value is -1.28. The Morgan fingerprint density at radius 3 is 1.44 bits per heavy atom. The summed E-state index contributed by atoms with van der Waals surface area (Å²) in [6.45, 7) is 0. The quantitative estimate of drug-likeness (QED) is 0.519. The van der Waals surface area contributed by atoms with E-state index in [1.807, 2.05) is 0 Å². The molecule has 0 fully saturated rings. The molecular weight excluding hydrogens is 247 g/mol. The van der Waals surface area contributed by atoms with E-state index in [2.05, 4.69) is 0 Å². The molecule has 2 nitrogen and oxygen atoms in total. The van der Waals surface area contributed by atoms with Crippen molar-refractivity contribution in [3.8, 4) is 0 Å². The summed E-state index contributed by atoms with van der Waals surface area (Å²) in [5.74, 6) is -4.87. The summed E-state index contributed by atoms with van der Waals surface area (Å²) in [7, 11) is 1.65. The van der Waals surface area contributed by atoms with Crippen molar-refractivity contribution < 1.29 is 35.5 Å². The van der Waals surface area contributed by atoms with Gasteiger partial charge in [-0.25, -0.2) is 4.39 Å². The standard InChI is InChI=1S/C7H6F7NO/c1-15(2)5(16)3(8)4(6(9,10)11)7(12,13)14/h1-2H3. The van der Waals surface area contributed by atoms with Gasteiger partial charge in [-0.05, 0) is 0 Å².